The zero-order chi connectivity index (χ0) is 14.8. The van der Waals surface area contributed by atoms with Gasteiger partial charge in [-0.1, -0.05) is 41.4 Å². The van der Waals surface area contributed by atoms with E-state index in [2.05, 4.69) is 10.3 Å². The van der Waals surface area contributed by atoms with E-state index in [-0.39, 0.29) is 5.15 Å². The van der Waals surface area contributed by atoms with Crippen LogP contribution in [0.3, 0.4) is 0 Å². The van der Waals surface area contributed by atoms with Gasteiger partial charge in [-0.2, -0.15) is 0 Å². The van der Waals surface area contributed by atoms with Gasteiger partial charge in [0.25, 0.3) is 5.91 Å². The van der Waals surface area contributed by atoms with Crippen LogP contribution in [-0.2, 0) is 9.53 Å². The number of methoxy groups -OCH3 is 1. The predicted octanol–water partition coefficient (Wildman–Crippen LogP) is 2.17. The van der Waals surface area contributed by atoms with Gasteiger partial charge in [-0.15, -0.1) is 0 Å². The van der Waals surface area contributed by atoms with E-state index < -0.39 is 17.6 Å². The molecule has 0 bridgehead atoms. The van der Waals surface area contributed by atoms with Gasteiger partial charge < -0.3 is 15.8 Å². The molecule has 0 aliphatic heterocycles. The highest BCUT2D eigenvalue weighted by molar-refractivity contribution is 6.34. The molecule has 7 heteroatoms. The first-order valence-corrected chi connectivity index (χ1v) is 6.54. The Morgan fingerprint density at radius 2 is 2.25 bits per heavy atom. The van der Waals surface area contributed by atoms with Gasteiger partial charge in [-0.25, -0.2) is 4.98 Å². The fourth-order valence-electron chi connectivity index (χ4n) is 2.00. The SMILES string of the molecule is COC1(C(N)=O)C=CC=CC1Nc1cc(Cl)ncc1Cl. The molecule has 20 heavy (non-hydrogen) atoms. The molecule has 0 fully saturated rings. The maximum Gasteiger partial charge on any atom is 0.256 e. The van der Waals surface area contributed by atoms with Gasteiger partial charge in [0.1, 0.15) is 5.15 Å². The molecule has 2 rings (SSSR count). The molecule has 2 atom stereocenters. The second-order valence-electron chi connectivity index (χ2n) is 4.21. The molecule has 0 aromatic carbocycles. The molecule has 2 unspecified atom stereocenters. The number of hydrogen-bond donors (Lipinski definition) is 2. The van der Waals surface area contributed by atoms with E-state index in [1.807, 2.05) is 0 Å². The molecule has 1 aliphatic rings. The highest BCUT2D eigenvalue weighted by atomic mass is 35.5. The zero-order valence-corrected chi connectivity index (χ0v) is 12.2. The van der Waals surface area contributed by atoms with E-state index in [1.165, 1.54) is 13.3 Å². The van der Waals surface area contributed by atoms with Crippen molar-refractivity contribution in [2.75, 3.05) is 12.4 Å². The summed E-state index contributed by atoms with van der Waals surface area (Å²) in [5, 5.41) is 3.76. The van der Waals surface area contributed by atoms with E-state index in [4.69, 9.17) is 33.7 Å². The summed E-state index contributed by atoms with van der Waals surface area (Å²) in [5.74, 6) is -0.602. The molecule has 0 saturated heterocycles. The van der Waals surface area contributed by atoms with E-state index in [0.717, 1.165) is 0 Å². The molecule has 1 aliphatic carbocycles. The van der Waals surface area contributed by atoms with E-state index in [0.29, 0.717) is 10.7 Å². The summed E-state index contributed by atoms with van der Waals surface area (Å²) in [7, 11) is 1.42. The summed E-state index contributed by atoms with van der Waals surface area (Å²) < 4.78 is 5.33. The number of hydrogen-bond acceptors (Lipinski definition) is 4. The molecule has 0 saturated carbocycles. The third-order valence-corrected chi connectivity index (χ3v) is 3.58. The Balaban J connectivity index is 2.35. The van der Waals surface area contributed by atoms with Crippen molar-refractivity contribution >= 4 is 34.8 Å². The molecular formula is C13H13Cl2N3O2. The van der Waals surface area contributed by atoms with Crippen molar-refractivity contribution in [3.8, 4) is 0 Å². The van der Waals surface area contributed by atoms with Crippen molar-refractivity contribution in [3.63, 3.8) is 0 Å². The lowest BCUT2D eigenvalue weighted by atomic mass is 9.88. The lowest BCUT2D eigenvalue weighted by Crippen LogP contribution is -2.56. The fraction of sp³-hybridized carbons (Fsp3) is 0.231. The number of amides is 1. The van der Waals surface area contributed by atoms with Crippen LogP contribution in [0.25, 0.3) is 0 Å². The Kier molecular flexibility index (Phi) is 4.32. The van der Waals surface area contributed by atoms with E-state index >= 15 is 0 Å². The number of aromatic nitrogens is 1. The number of ether oxygens (including phenoxy) is 1. The van der Waals surface area contributed by atoms with Crippen LogP contribution < -0.4 is 11.1 Å². The fourth-order valence-corrected chi connectivity index (χ4v) is 2.31. The minimum atomic E-state index is -1.28. The van der Waals surface area contributed by atoms with Gasteiger partial charge in [-0.3, -0.25) is 4.79 Å². The molecular weight excluding hydrogens is 301 g/mol. The number of carbonyl (C=O) groups excluding carboxylic acids is 1. The monoisotopic (exact) mass is 313 g/mol. The molecule has 1 aromatic heterocycles. The average molecular weight is 314 g/mol. The predicted molar refractivity (Wildman–Crippen MR) is 78.9 cm³/mol. The zero-order valence-electron chi connectivity index (χ0n) is 10.6. The molecule has 5 nitrogen and oxygen atoms in total. The third-order valence-electron chi connectivity index (χ3n) is 3.08. The maximum atomic E-state index is 11.8. The number of carbonyl (C=O) groups is 1. The summed E-state index contributed by atoms with van der Waals surface area (Å²) in [6, 6.07) is 1.06. The highest BCUT2D eigenvalue weighted by Crippen LogP contribution is 2.29. The summed E-state index contributed by atoms with van der Waals surface area (Å²) >= 11 is 11.9. The lowest BCUT2D eigenvalue weighted by molar-refractivity contribution is -0.135. The second kappa shape index (κ2) is 5.83. The Labute approximate surface area is 126 Å². The van der Waals surface area contributed by atoms with Crippen LogP contribution in [0, 0.1) is 0 Å². The second-order valence-corrected chi connectivity index (χ2v) is 5.01. The molecule has 1 aromatic rings. The van der Waals surface area contributed by atoms with Gasteiger partial charge in [-0.05, 0) is 6.08 Å². The molecule has 0 spiro atoms. The van der Waals surface area contributed by atoms with Crippen molar-refractivity contribution in [3.05, 3.63) is 46.7 Å². The first-order chi connectivity index (χ1) is 9.49. The van der Waals surface area contributed by atoms with Crippen molar-refractivity contribution in [1.82, 2.24) is 4.98 Å². The van der Waals surface area contributed by atoms with Crippen LogP contribution in [0.5, 0.6) is 0 Å². The normalized spacial score (nSPS) is 24.6. The molecule has 106 valence electrons. The largest absolute Gasteiger partial charge is 0.374 e. The number of nitrogens with one attached hydrogen (secondary N) is 1. The Hall–Kier alpha value is -1.56. The topological polar surface area (TPSA) is 77.2 Å². The van der Waals surface area contributed by atoms with Crippen LogP contribution in [0.2, 0.25) is 10.2 Å². The van der Waals surface area contributed by atoms with Crippen molar-refractivity contribution in [1.29, 1.82) is 0 Å². The average Bonchev–Trinajstić information content (AvgIpc) is 2.43. The number of pyridine rings is 1. The maximum absolute atomic E-state index is 11.8. The Morgan fingerprint density at radius 1 is 1.50 bits per heavy atom. The van der Waals surface area contributed by atoms with Crippen LogP contribution in [-0.4, -0.2) is 29.6 Å². The summed E-state index contributed by atoms with van der Waals surface area (Å²) in [5.41, 5.74) is 4.72. The quantitative estimate of drug-likeness (QED) is 0.835. The summed E-state index contributed by atoms with van der Waals surface area (Å²) in [6.45, 7) is 0. The number of rotatable bonds is 4. The lowest BCUT2D eigenvalue weighted by Gasteiger charge is -2.35. The smallest absolute Gasteiger partial charge is 0.256 e. The van der Waals surface area contributed by atoms with E-state index in [1.54, 1.807) is 30.4 Å². The summed E-state index contributed by atoms with van der Waals surface area (Å²) in [4.78, 5) is 15.6. The van der Waals surface area contributed by atoms with Crippen molar-refractivity contribution < 1.29 is 9.53 Å². The highest BCUT2D eigenvalue weighted by Gasteiger charge is 2.42. The molecule has 1 amide bonds. The number of nitrogens with two attached hydrogens (primary N) is 1. The molecule has 1 heterocycles. The number of allylic oxidation sites excluding steroid dienone is 2. The Morgan fingerprint density at radius 3 is 2.90 bits per heavy atom. The molecule has 0 radical (unpaired) electrons. The number of nitrogens with zero attached hydrogens (tertiary/aromatic N) is 1. The first-order valence-electron chi connectivity index (χ1n) is 5.78. The third kappa shape index (κ3) is 2.65. The number of halogens is 2. The first kappa shape index (κ1) is 14.8. The van der Waals surface area contributed by atoms with Crippen LogP contribution in [0.4, 0.5) is 5.69 Å². The van der Waals surface area contributed by atoms with Crippen molar-refractivity contribution in [2.45, 2.75) is 11.6 Å². The van der Waals surface area contributed by atoms with Gasteiger partial charge in [0.15, 0.2) is 5.60 Å². The minimum absolute atomic E-state index is 0.286. The van der Waals surface area contributed by atoms with Crippen LogP contribution in [0.15, 0.2) is 36.6 Å². The number of anilines is 1. The molecule has 3 N–H and O–H groups in total. The minimum Gasteiger partial charge on any atom is -0.374 e. The standard InChI is InChI=1S/C13H13Cl2N3O2/c1-20-13(12(16)19)5-3-2-4-10(13)18-9-6-11(15)17-7-8(9)14/h2-7,10H,1H3,(H2,16,19)(H,17,18). The Bertz CT molecular complexity index is 589. The van der Waals surface area contributed by atoms with Gasteiger partial charge in [0.05, 0.1) is 16.8 Å². The number of primary amides is 1. The van der Waals surface area contributed by atoms with E-state index in [9.17, 15) is 4.79 Å². The van der Waals surface area contributed by atoms with Crippen LogP contribution >= 0.6 is 23.2 Å². The van der Waals surface area contributed by atoms with Crippen molar-refractivity contribution in [2.24, 2.45) is 5.73 Å². The van der Waals surface area contributed by atoms with Gasteiger partial charge in [0.2, 0.25) is 0 Å². The van der Waals surface area contributed by atoms with Gasteiger partial charge >= 0.3 is 0 Å². The van der Waals surface area contributed by atoms with Gasteiger partial charge in [0, 0.05) is 19.4 Å². The van der Waals surface area contributed by atoms with Crippen LogP contribution in [0.1, 0.15) is 0 Å². The summed E-state index contributed by atoms with van der Waals surface area (Å²) in [6.07, 6.45) is 8.28.